The Kier molecular flexibility index (Phi) is 3.30. The average Bonchev–Trinajstić information content (AvgIpc) is 3.10. The predicted octanol–water partition coefficient (Wildman–Crippen LogP) is 3.63. The number of fused-ring (bicyclic) bond motifs is 3. The van der Waals surface area contributed by atoms with Crippen LogP contribution in [0, 0.1) is 0 Å². The number of hydrogen-bond acceptors (Lipinski definition) is 3. The number of nitrogens with zero attached hydrogens (tertiary/aromatic N) is 1. The van der Waals surface area contributed by atoms with Crippen LogP contribution in [0.3, 0.4) is 0 Å². The minimum Gasteiger partial charge on any atom is -0.357 e. The van der Waals surface area contributed by atoms with E-state index in [4.69, 9.17) is 11.6 Å². The summed E-state index contributed by atoms with van der Waals surface area (Å²) in [7, 11) is -3.47. The van der Waals surface area contributed by atoms with Gasteiger partial charge in [-0.05, 0) is 30.2 Å². The Morgan fingerprint density at radius 1 is 1.18 bits per heavy atom. The van der Waals surface area contributed by atoms with E-state index in [2.05, 4.69) is 11.1 Å². The van der Waals surface area contributed by atoms with Gasteiger partial charge in [-0.2, -0.15) is 4.31 Å². The molecule has 114 valence electrons. The van der Waals surface area contributed by atoms with Crippen molar-refractivity contribution < 1.29 is 8.42 Å². The summed E-state index contributed by atoms with van der Waals surface area (Å²) < 4.78 is 27.7. The number of benzene rings is 1. The molecule has 1 aliphatic rings. The fourth-order valence-corrected chi connectivity index (χ4v) is 5.98. The summed E-state index contributed by atoms with van der Waals surface area (Å²) in [6, 6.07) is 11.3. The lowest BCUT2D eigenvalue weighted by Gasteiger charge is -2.25. The van der Waals surface area contributed by atoms with Crippen molar-refractivity contribution in [2.45, 2.75) is 17.2 Å². The topological polar surface area (TPSA) is 53.2 Å². The van der Waals surface area contributed by atoms with Crippen LogP contribution in [0.5, 0.6) is 0 Å². The first-order valence-electron chi connectivity index (χ1n) is 6.89. The van der Waals surface area contributed by atoms with Crippen LogP contribution in [0.15, 0.2) is 40.6 Å². The number of halogens is 1. The van der Waals surface area contributed by atoms with E-state index < -0.39 is 10.0 Å². The minimum atomic E-state index is -3.47. The van der Waals surface area contributed by atoms with Gasteiger partial charge in [0.15, 0.2) is 0 Å². The number of rotatable bonds is 2. The van der Waals surface area contributed by atoms with Gasteiger partial charge in [-0.15, -0.1) is 11.3 Å². The van der Waals surface area contributed by atoms with Gasteiger partial charge in [-0.25, -0.2) is 8.42 Å². The summed E-state index contributed by atoms with van der Waals surface area (Å²) in [6.45, 7) is 0.870. The summed E-state index contributed by atoms with van der Waals surface area (Å²) in [6.07, 6.45) is 0.720. The second kappa shape index (κ2) is 5.09. The molecule has 2 aromatic heterocycles. The maximum atomic E-state index is 12.7. The monoisotopic (exact) mass is 352 g/mol. The highest BCUT2D eigenvalue weighted by Crippen LogP contribution is 2.33. The van der Waals surface area contributed by atoms with Crippen molar-refractivity contribution in [1.82, 2.24) is 9.29 Å². The molecular formula is C15H13ClN2O2S2. The van der Waals surface area contributed by atoms with Crippen LogP contribution in [0.1, 0.15) is 11.3 Å². The zero-order valence-electron chi connectivity index (χ0n) is 11.5. The number of aromatic amines is 1. The van der Waals surface area contributed by atoms with Crippen LogP contribution in [0.2, 0.25) is 4.34 Å². The second-order valence-electron chi connectivity index (χ2n) is 5.27. The van der Waals surface area contributed by atoms with Crippen molar-refractivity contribution in [3.8, 4) is 0 Å². The number of hydrogen-bond donors (Lipinski definition) is 1. The van der Waals surface area contributed by atoms with Gasteiger partial charge in [0.05, 0.1) is 10.9 Å². The Hall–Kier alpha value is -1.34. The summed E-state index contributed by atoms with van der Waals surface area (Å²) in [4.78, 5) is 3.35. The molecule has 0 bridgehead atoms. The lowest BCUT2D eigenvalue weighted by atomic mass is 10.1. The number of nitrogens with one attached hydrogen (secondary N) is 1. The van der Waals surface area contributed by atoms with E-state index in [0.717, 1.165) is 29.0 Å². The van der Waals surface area contributed by atoms with Gasteiger partial charge in [0, 0.05) is 23.1 Å². The molecule has 0 saturated heterocycles. The number of aromatic nitrogens is 1. The summed E-state index contributed by atoms with van der Waals surface area (Å²) >= 11 is 6.97. The molecule has 4 rings (SSSR count). The van der Waals surface area contributed by atoms with E-state index in [1.807, 2.05) is 18.2 Å². The molecule has 0 radical (unpaired) electrons. The maximum Gasteiger partial charge on any atom is 0.252 e. The first kappa shape index (κ1) is 14.3. The number of thiophene rings is 1. The fraction of sp³-hybridized carbons (Fsp3) is 0.200. The largest absolute Gasteiger partial charge is 0.357 e. The van der Waals surface area contributed by atoms with Crippen LogP contribution in [-0.2, 0) is 23.0 Å². The molecule has 1 aliphatic heterocycles. The van der Waals surface area contributed by atoms with E-state index >= 15 is 0 Å². The van der Waals surface area contributed by atoms with E-state index in [1.54, 1.807) is 12.1 Å². The standard InChI is InChI=1S/C15H13ClN2O2S2/c16-14-5-6-15(21-14)22(19,20)18-8-7-11-10-3-1-2-4-12(10)17-13(11)9-18/h1-6,17H,7-9H2. The first-order chi connectivity index (χ1) is 10.6. The fourth-order valence-electron chi connectivity index (χ4n) is 2.94. The molecule has 1 aromatic carbocycles. The highest BCUT2D eigenvalue weighted by Gasteiger charge is 2.31. The van der Waals surface area contributed by atoms with Crippen LogP contribution >= 0.6 is 22.9 Å². The highest BCUT2D eigenvalue weighted by molar-refractivity contribution is 7.91. The van der Waals surface area contributed by atoms with Crippen molar-refractivity contribution in [2.75, 3.05) is 6.54 Å². The van der Waals surface area contributed by atoms with Crippen molar-refractivity contribution in [1.29, 1.82) is 0 Å². The predicted molar refractivity (Wildman–Crippen MR) is 88.9 cm³/mol. The molecule has 1 N–H and O–H groups in total. The molecule has 0 atom stereocenters. The minimum absolute atomic E-state index is 0.303. The highest BCUT2D eigenvalue weighted by atomic mass is 35.5. The number of H-pyrrole nitrogens is 1. The van der Waals surface area contributed by atoms with Gasteiger partial charge in [0.1, 0.15) is 4.21 Å². The quantitative estimate of drug-likeness (QED) is 0.765. The number of sulfonamides is 1. The van der Waals surface area contributed by atoms with Gasteiger partial charge in [0.2, 0.25) is 0 Å². The van der Waals surface area contributed by atoms with Crippen molar-refractivity contribution in [2.24, 2.45) is 0 Å². The molecule has 7 heteroatoms. The second-order valence-corrected chi connectivity index (χ2v) is 9.15. The third kappa shape index (κ3) is 2.18. The van der Waals surface area contributed by atoms with Gasteiger partial charge in [0.25, 0.3) is 10.0 Å². The molecule has 0 unspecified atom stereocenters. The van der Waals surface area contributed by atoms with Gasteiger partial charge in [-0.3, -0.25) is 0 Å². The van der Waals surface area contributed by atoms with E-state index in [9.17, 15) is 8.42 Å². The molecule has 0 aliphatic carbocycles. The Labute approximate surface area is 137 Å². The Morgan fingerprint density at radius 2 is 2.00 bits per heavy atom. The molecule has 0 saturated carbocycles. The van der Waals surface area contributed by atoms with E-state index in [1.165, 1.54) is 15.3 Å². The zero-order chi connectivity index (χ0) is 15.3. The molecule has 22 heavy (non-hydrogen) atoms. The number of para-hydroxylation sites is 1. The van der Waals surface area contributed by atoms with E-state index in [-0.39, 0.29) is 0 Å². The summed E-state index contributed by atoms with van der Waals surface area (Å²) in [5.74, 6) is 0. The third-order valence-corrected chi connectivity index (χ3v) is 7.53. The van der Waals surface area contributed by atoms with Gasteiger partial charge >= 0.3 is 0 Å². The van der Waals surface area contributed by atoms with Crippen molar-refractivity contribution in [3.05, 3.63) is 52.0 Å². The van der Waals surface area contributed by atoms with Gasteiger partial charge < -0.3 is 4.98 Å². The molecular weight excluding hydrogens is 340 g/mol. The molecule has 4 nitrogen and oxygen atoms in total. The lowest BCUT2D eigenvalue weighted by molar-refractivity contribution is 0.389. The van der Waals surface area contributed by atoms with Crippen LogP contribution in [0.25, 0.3) is 10.9 Å². The summed E-state index contributed by atoms with van der Waals surface area (Å²) in [5.41, 5.74) is 3.27. The SMILES string of the molecule is O=S(=O)(c1ccc(Cl)s1)N1CCc2c([nH]c3ccccc23)C1. The average molecular weight is 353 g/mol. The molecule has 0 spiro atoms. The summed E-state index contributed by atoms with van der Waals surface area (Å²) in [5, 5.41) is 1.19. The first-order valence-corrected chi connectivity index (χ1v) is 9.53. The smallest absolute Gasteiger partial charge is 0.252 e. The molecule has 0 fully saturated rings. The van der Waals surface area contributed by atoms with Crippen molar-refractivity contribution >= 4 is 43.9 Å². The Bertz CT molecular complexity index is 959. The van der Waals surface area contributed by atoms with Crippen molar-refractivity contribution in [3.63, 3.8) is 0 Å². The zero-order valence-corrected chi connectivity index (χ0v) is 13.9. The third-order valence-electron chi connectivity index (χ3n) is 3.99. The van der Waals surface area contributed by atoms with E-state index in [0.29, 0.717) is 21.6 Å². The maximum absolute atomic E-state index is 12.7. The molecule has 3 heterocycles. The van der Waals surface area contributed by atoms with Gasteiger partial charge in [-0.1, -0.05) is 29.8 Å². The van der Waals surface area contributed by atoms with Crippen LogP contribution < -0.4 is 0 Å². The van der Waals surface area contributed by atoms with Crippen LogP contribution in [-0.4, -0.2) is 24.3 Å². The Morgan fingerprint density at radius 3 is 2.77 bits per heavy atom. The van der Waals surface area contributed by atoms with Crippen LogP contribution in [0.4, 0.5) is 0 Å². The Balaban J connectivity index is 1.72. The molecule has 3 aromatic rings. The molecule has 0 amide bonds. The normalized spacial score (nSPS) is 16.0. The lowest BCUT2D eigenvalue weighted by Crippen LogP contribution is -2.35.